The summed E-state index contributed by atoms with van der Waals surface area (Å²) in [4.78, 5) is 11.0. The normalized spacial score (nSPS) is 24.2. The maximum atomic E-state index is 11.0. The summed E-state index contributed by atoms with van der Waals surface area (Å²) in [6.07, 6.45) is 6.65. The first kappa shape index (κ1) is 11.9. The lowest BCUT2D eigenvalue weighted by Crippen LogP contribution is -2.55. The number of hydrogen-bond donors (Lipinski definition) is 2. The zero-order valence-electron chi connectivity index (χ0n) is 9.71. The van der Waals surface area contributed by atoms with E-state index in [9.17, 15) is 4.79 Å². The Kier molecular flexibility index (Phi) is 3.82. The van der Waals surface area contributed by atoms with Gasteiger partial charge in [-0.15, -0.1) is 0 Å². The number of carboxylic acids is 1. The molecule has 1 aliphatic heterocycles. The molecule has 16 heavy (non-hydrogen) atoms. The van der Waals surface area contributed by atoms with Crippen molar-refractivity contribution in [2.24, 2.45) is 11.3 Å². The summed E-state index contributed by atoms with van der Waals surface area (Å²) < 4.78 is 5.01. The van der Waals surface area contributed by atoms with E-state index in [1.54, 1.807) is 0 Å². The number of carboxylic acid groups (broad SMARTS) is 1. The lowest BCUT2D eigenvalue weighted by Gasteiger charge is -2.37. The van der Waals surface area contributed by atoms with E-state index >= 15 is 0 Å². The van der Waals surface area contributed by atoms with E-state index in [2.05, 4.69) is 5.32 Å². The number of rotatable bonds is 6. The average Bonchev–Trinajstić information content (AvgIpc) is 2.67. The third-order valence-electron chi connectivity index (χ3n) is 3.88. The molecule has 0 radical (unpaired) electrons. The van der Waals surface area contributed by atoms with E-state index < -0.39 is 11.4 Å². The van der Waals surface area contributed by atoms with Crippen molar-refractivity contribution in [1.29, 1.82) is 0 Å². The van der Waals surface area contributed by atoms with Crippen LogP contribution >= 0.6 is 0 Å². The van der Waals surface area contributed by atoms with E-state index in [0.717, 1.165) is 12.5 Å². The zero-order chi connectivity index (χ0) is 11.4. The monoisotopic (exact) mass is 227 g/mol. The van der Waals surface area contributed by atoms with Crippen LogP contribution in [0.1, 0.15) is 32.1 Å². The van der Waals surface area contributed by atoms with Gasteiger partial charge in [0.2, 0.25) is 0 Å². The van der Waals surface area contributed by atoms with Crippen LogP contribution in [-0.2, 0) is 9.53 Å². The first-order valence-corrected chi connectivity index (χ1v) is 6.25. The third-order valence-corrected chi connectivity index (χ3v) is 3.88. The second-order valence-electron chi connectivity index (χ2n) is 5.19. The summed E-state index contributed by atoms with van der Waals surface area (Å²) in [6.45, 7) is 2.21. The van der Waals surface area contributed by atoms with E-state index in [4.69, 9.17) is 9.84 Å². The molecular weight excluding hydrogens is 206 g/mol. The molecule has 0 atom stereocenters. The van der Waals surface area contributed by atoms with Gasteiger partial charge in [-0.25, -0.2) is 0 Å². The summed E-state index contributed by atoms with van der Waals surface area (Å²) in [7, 11) is 0. The van der Waals surface area contributed by atoms with Crippen LogP contribution in [0.2, 0.25) is 0 Å². The largest absolute Gasteiger partial charge is 0.481 e. The highest BCUT2D eigenvalue weighted by atomic mass is 16.5. The Morgan fingerprint density at radius 2 is 2.06 bits per heavy atom. The molecule has 0 aromatic heterocycles. The molecule has 0 aromatic rings. The molecule has 0 aromatic carbocycles. The van der Waals surface area contributed by atoms with Gasteiger partial charge in [0, 0.05) is 6.54 Å². The number of nitrogens with one attached hydrogen (secondary N) is 1. The van der Waals surface area contributed by atoms with Crippen LogP contribution in [0.5, 0.6) is 0 Å². The number of hydrogen-bond acceptors (Lipinski definition) is 3. The van der Waals surface area contributed by atoms with Gasteiger partial charge in [0.15, 0.2) is 0 Å². The maximum absolute atomic E-state index is 11.0. The van der Waals surface area contributed by atoms with Crippen molar-refractivity contribution in [3.05, 3.63) is 0 Å². The lowest BCUT2D eigenvalue weighted by molar-refractivity contribution is -0.178. The van der Waals surface area contributed by atoms with Crippen molar-refractivity contribution in [2.45, 2.75) is 32.1 Å². The highest BCUT2D eigenvalue weighted by Crippen LogP contribution is 2.28. The summed E-state index contributed by atoms with van der Waals surface area (Å²) in [5.41, 5.74) is -0.643. The minimum absolute atomic E-state index is 0.360. The van der Waals surface area contributed by atoms with Crippen molar-refractivity contribution in [2.75, 3.05) is 26.3 Å². The van der Waals surface area contributed by atoms with E-state index in [0.29, 0.717) is 19.8 Å². The molecule has 4 nitrogen and oxygen atoms in total. The standard InChI is InChI=1S/C12H21NO3/c14-11(15)12(8-16-9-12)7-13-6-5-10-3-1-2-4-10/h10,13H,1-9H2,(H,14,15). The van der Waals surface area contributed by atoms with Crippen LogP contribution in [0.3, 0.4) is 0 Å². The van der Waals surface area contributed by atoms with E-state index in [-0.39, 0.29) is 0 Å². The van der Waals surface area contributed by atoms with Crippen molar-refractivity contribution < 1.29 is 14.6 Å². The molecule has 1 heterocycles. The van der Waals surface area contributed by atoms with Gasteiger partial charge in [0.25, 0.3) is 0 Å². The predicted molar refractivity (Wildman–Crippen MR) is 60.3 cm³/mol. The molecule has 4 heteroatoms. The quantitative estimate of drug-likeness (QED) is 0.671. The Balaban J connectivity index is 1.61. The molecule has 92 valence electrons. The van der Waals surface area contributed by atoms with Crippen molar-refractivity contribution in [1.82, 2.24) is 5.32 Å². The van der Waals surface area contributed by atoms with Crippen LogP contribution in [-0.4, -0.2) is 37.4 Å². The molecule has 0 bridgehead atoms. The first-order chi connectivity index (χ1) is 7.73. The smallest absolute Gasteiger partial charge is 0.315 e. The molecule has 1 aliphatic carbocycles. The Labute approximate surface area is 96.4 Å². The maximum Gasteiger partial charge on any atom is 0.315 e. The molecule has 2 rings (SSSR count). The molecule has 0 spiro atoms. The fourth-order valence-electron chi connectivity index (χ4n) is 2.58. The third kappa shape index (κ3) is 2.55. The fourth-order valence-corrected chi connectivity index (χ4v) is 2.58. The number of ether oxygens (including phenoxy) is 1. The van der Waals surface area contributed by atoms with Gasteiger partial charge in [-0.3, -0.25) is 4.79 Å². The minimum Gasteiger partial charge on any atom is -0.481 e. The summed E-state index contributed by atoms with van der Waals surface area (Å²) in [5.74, 6) is 0.137. The van der Waals surface area contributed by atoms with Crippen LogP contribution in [0.4, 0.5) is 0 Å². The molecule has 2 aliphatic rings. The Hall–Kier alpha value is -0.610. The van der Waals surface area contributed by atoms with Gasteiger partial charge in [-0.05, 0) is 18.9 Å². The second kappa shape index (κ2) is 5.15. The summed E-state index contributed by atoms with van der Waals surface area (Å²) >= 11 is 0. The minimum atomic E-state index is -0.730. The summed E-state index contributed by atoms with van der Waals surface area (Å²) in [6, 6.07) is 0. The summed E-state index contributed by atoms with van der Waals surface area (Å²) in [5, 5.41) is 12.4. The first-order valence-electron chi connectivity index (χ1n) is 6.25. The predicted octanol–water partition coefficient (Wildman–Crippen LogP) is 1.26. The van der Waals surface area contributed by atoms with Gasteiger partial charge >= 0.3 is 5.97 Å². The van der Waals surface area contributed by atoms with Gasteiger partial charge in [-0.1, -0.05) is 25.7 Å². The van der Waals surface area contributed by atoms with Crippen LogP contribution in [0.15, 0.2) is 0 Å². The Morgan fingerprint density at radius 3 is 2.56 bits per heavy atom. The number of carbonyl (C=O) groups is 1. The van der Waals surface area contributed by atoms with E-state index in [1.165, 1.54) is 32.1 Å². The fraction of sp³-hybridized carbons (Fsp3) is 0.917. The molecular formula is C12H21NO3. The van der Waals surface area contributed by atoms with Gasteiger partial charge in [-0.2, -0.15) is 0 Å². The highest BCUT2D eigenvalue weighted by Gasteiger charge is 2.45. The van der Waals surface area contributed by atoms with Crippen LogP contribution in [0, 0.1) is 11.3 Å². The Morgan fingerprint density at radius 1 is 1.38 bits per heavy atom. The Bertz CT molecular complexity index is 245. The van der Waals surface area contributed by atoms with Crippen LogP contribution in [0.25, 0.3) is 0 Å². The lowest BCUT2D eigenvalue weighted by atomic mass is 9.86. The second-order valence-corrected chi connectivity index (χ2v) is 5.19. The topological polar surface area (TPSA) is 58.6 Å². The zero-order valence-corrected chi connectivity index (χ0v) is 9.71. The van der Waals surface area contributed by atoms with Gasteiger partial charge < -0.3 is 15.2 Å². The molecule has 1 saturated heterocycles. The average molecular weight is 227 g/mol. The molecule has 0 unspecified atom stereocenters. The van der Waals surface area contributed by atoms with Crippen molar-refractivity contribution in [3.63, 3.8) is 0 Å². The number of aliphatic carboxylic acids is 1. The van der Waals surface area contributed by atoms with Crippen LogP contribution < -0.4 is 5.32 Å². The molecule has 1 saturated carbocycles. The highest BCUT2D eigenvalue weighted by molar-refractivity contribution is 5.76. The van der Waals surface area contributed by atoms with Crippen molar-refractivity contribution in [3.8, 4) is 0 Å². The van der Waals surface area contributed by atoms with Gasteiger partial charge in [0.1, 0.15) is 5.41 Å². The SMILES string of the molecule is O=C(O)C1(CNCCC2CCCC2)COC1. The molecule has 2 N–H and O–H groups in total. The van der Waals surface area contributed by atoms with Crippen molar-refractivity contribution >= 4 is 5.97 Å². The molecule has 2 fully saturated rings. The van der Waals surface area contributed by atoms with Gasteiger partial charge in [0.05, 0.1) is 13.2 Å². The van der Waals surface area contributed by atoms with E-state index in [1.807, 2.05) is 0 Å². The molecule has 0 amide bonds.